The SMILES string of the molecule is CC(N)(C=N)C(=O)O. The summed E-state index contributed by atoms with van der Waals surface area (Å²) in [6.07, 6.45) is 0.690. The molecule has 0 heterocycles. The Labute approximate surface area is 46.8 Å². The zero-order valence-corrected chi connectivity index (χ0v) is 4.51. The number of carboxylic acid groups (broad SMARTS) is 1. The molecule has 0 aromatic rings. The van der Waals surface area contributed by atoms with Crippen molar-refractivity contribution in [2.45, 2.75) is 12.5 Å². The molecule has 0 spiro atoms. The van der Waals surface area contributed by atoms with Crippen LogP contribution in [0.5, 0.6) is 0 Å². The van der Waals surface area contributed by atoms with Gasteiger partial charge < -0.3 is 16.2 Å². The molecule has 4 heteroatoms. The van der Waals surface area contributed by atoms with Crippen LogP contribution in [0.4, 0.5) is 0 Å². The molecule has 0 aliphatic rings. The van der Waals surface area contributed by atoms with Crippen LogP contribution in [0.2, 0.25) is 0 Å². The highest BCUT2D eigenvalue weighted by molar-refractivity contribution is 5.96. The maximum Gasteiger partial charge on any atom is 0.328 e. The number of rotatable bonds is 2. The summed E-state index contributed by atoms with van der Waals surface area (Å²) in [4.78, 5) is 9.98. The van der Waals surface area contributed by atoms with Gasteiger partial charge >= 0.3 is 5.97 Å². The largest absolute Gasteiger partial charge is 0.480 e. The Bertz CT molecular complexity index is 119. The molecule has 0 saturated carbocycles. The number of hydrogen-bond donors (Lipinski definition) is 3. The van der Waals surface area contributed by atoms with Crippen LogP contribution in [0.25, 0.3) is 0 Å². The van der Waals surface area contributed by atoms with Crippen molar-refractivity contribution in [3.8, 4) is 0 Å². The van der Waals surface area contributed by atoms with Crippen molar-refractivity contribution >= 4 is 12.2 Å². The summed E-state index contributed by atoms with van der Waals surface area (Å²) in [5.74, 6) is -1.19. The topological polar surface area (TPSA) is 87.2 Å². The lowest BCUT2D eigenvalue weighted by atomic mass is 10.1. The van der Waals surface area contributed by atoms with Crippen molar-refractivity contribution < 1.29 is 9.90 Å². The van der Waals surface area contributed by atoms with E-state index < -0.39 is 11.5 Å². The second-order valence-corrected chi connectivity index (χ2v) is 1.73. The normalized spacial score (nSPS) is 16.8. The highest BCUT2D eigenvalue weighted by Crippen LogP contribution is 1.91. The van der Waals surface area contributed by atoms with Crippen LogP contribution in [0, 0.1) is 5.41 Å². The number of aliphatic carboxylic acids is 1. The van der Waals surface area contributed by atoms with Gasteiger partial charge in [-0.25, -0.2) is 4.79 Å². The summed E-state index contributed by atoms with van der Waals surface area (Å²) in [7, 11) is 0. The van der Waals surface area contributed by atoms with E-state index in [1.165, 1.54) is 6.92 Å². The lowest BCUT2D eigenvalue weighted by molar-refractivity contribution is -0.139. The molecule has 0 aliphatic heterocycles. The fraction of sp³-hybridized carbons (Fsp3) is 0.500. The van der Waals surface area contributed by atoms with Crippen molar-refractivity contribution in [3.63, 3.8) is 0 Å². The predicted molar refractivity (Wildman–Crippen MR) is 29.0 cm³/mol. The zero-order chi connectivity index (χ0) is 6.78. The third-order valence-electron chi connectivity index (χ3n) is 0.761. The number of carbonyl (C=O) groups is 1. The summed E-state index contributed by atoms with van der Waals surface area (Å²) in [5, 5.41) is 14.7. The summed E-state index contributed by atoms with van der Waals surface area (Å²) >= 11 is 0. The maximum absolute atomic E-state index is 9.98. The fourth-order valence-corrected chi connectivity index (χ4v) is 0.0617. The lowest BCUT2D eigenvalue weighted by Crippen LogP contribution is -2.46. The van der Waals surface area contributed by atoms with Crippen LogP contribution in [-0.2, 0) is 4.79 Å². The zero-order valence-electron chi connectivity index (χ0n) is 4.51. The van der Waals surface area contributed by atoms with E-state index in [4.69, 9.17) is 16.2 Å². The van der Waals surface area contributed by atoms with E-state index in [-0.39, 0.29) is 0 Å². The van der Waals surface area contributed by atoms with Crippen molar-refractivity contribution in [1.82, 2.24) is 0 Å². The minimum atomic E-state index is -1.50. The Hall–Kier alpha value is -0.900. The summed E-state index contributed by atoms with van der Waals surface area (Å²) < 4.78 is 0. The van der Waals surface area contributed by atoms with Gasteiger partial charge in [-0.2, -0.15) is 0 Å². The highest BCUT2D eigenvalue weighted by atomic mass is 16.4. The molecule has 0 bridgehead atoms. The minimum Gasteiger partial charge on any atom is -0.480 e. The highest BCUT2D eigenvalue weighted by Gasteiger charge is 2.23. The number of nitrogens with two attached hydrogens (primary N) is 1. The molecule has 0 rings (SSSR count). The molecule has 0 saturated heterocycles. The van der Waals surface area contributed by atoms with Crippen LogP contribution < -0.4 is 5.73 Å². The first-order valence-corrected chi connectivity index (χ1v) is 2.04. The monoisotopic (exact) mass is 116 g/mol. The van der Waals surface area contributed by atoms with E-state index in [1.807, 2.05) is 0 Å². The quantitative estimate of drug-likeness (QED) is 0.422. The summed E-state index contributed by atoms with van der Waals surface area (Å²) in [6.45, 7) is 1.25. The first-order chi connectivity index (χ1) is 3.50. The first-order valence-electron chi connectivity index (χ1n) is 2.04. The van der Waals surface area contributed by atoms with Gasteiger partial charge in [0, 0.05) is 6.21 Å². The van der Waals surface area contributed by atoms with E-state index >= 15 is 0 Å². The van der Waals surface area contributed by atoms with E-state index in [2.05, 4.69) is 0 Å². The molecule has 4 N–H and O–H groups in total. The average molecular weight is 116 g/mol. The molecule has 1 unspecified atom stereocenters. The molecule has 1 atom stereocenters. The van der Waals surface area contributed by atoms with Crippen molar-refractivity contribution in [2.24, 2.45) is 5.73 Å². The van der Waals surface area contributed by atoms with Crippen molar-refractivity contribution in [2.75, 3.05) is 0 Å². The van der Waals surface area contributed by atoms with Gasteiger partial charge in [0.15, 0.2) is 0 Å². The molecule has 0 radical (unpaired) electrons. The van der Waals surface area contributed by atoms with Gasteiger partial charge in [0.25, 0.3) is 0 Å². The van der Waals surface area contributed by atoms with Gasteiger partial charge in [0.05, 0.1) is 0 Å². The second kappa shape index (κ2) is 1.92. The van der Waals surface area contributed by atoms with Crippen LogP contribution in [0.15, 0.2) is 0 Å². The molecule has 4 nitrogen and oxygen atoms in total. The molecule has 0 aromatic heterocycles. The summed E-state index contributed by atoms with van der Waals surface area (Å²) in [6, 6.07) is 0. The number of nitrogens with one attached hydrogen (secondary N) is 1. The van der Waals surface area contributed by atoms with Crippen LogP contribution in [0.3, 0.4) is 0 Å². The van der Waals surface area contributed by atoms with E-state index in [1.54, 1.807) is 0 Å². The molecule has 0 aromatic carbocycles. The Balaban J connectivity index is 4.12. The van der Waals surface area contributed by atoms with Crippen LogP contribution in [-0.4, -0.2) is 22.8 Å². The Morgan fingerprint density at radius 3 is 2.38 bits per heavy atom. The standard InChI is InChI=1S/C4H8N2O2/c1-4(6,2-5)3(7)8/h2,5H,6H2,1H3,(H,7,8). The second-order valence-electron chi connectivity index (χ2n) is 1.73. The Morgan fingerprint density at radius 1 is 2.00 bits per heavy atom. The van der Waals surface area contributed by atoms with Gasteiger partial charge in [0.1, 0.15) is 5.54 Å². The van der Waals surface area contributed by atoms with Crippen molar-refractivity contribution in [3.05, 3.63) is 0 Å². The average Bonchev–Trinajstić information content (AvgIpc) is 1.67. The van der Waals surface area contributed by atoms with E-state index in [0.717, 1.165) is 0 Å². The van der Waals surface area contributed by atoms with Crippen LogP contribution in [0.1, 0.15) is 6.92 Å². The molecular formula is C4H8N2O2. The molecule has 0 aliphatic carbocycles. The molecule has 46 valence electrons. The molecule has 0 fully saturated rings. The van der Waals surface area contributed by atoms with E-state index in [9.17, 15) is 4.79 Å². The molecular weight excluding hydrogens is 108 g/mol. The Morgan fingerprint density at radius 2 is 2.38 bits per heavy atom. The first kappa shape index (κ1) is 7.10. The summed E-state index contributed by atoms with van der Waals surface area (Å²) in [5.41, 5.74) is 3.52. The smallest absolute Gasteiger partial charge is 0.328 e. The van der Waals surface area contributed by atoms with Crippen LogP contribution >= 0.6 is 0 Å². The third-order valence-corrected chi connectivity index (χ3v) is 0.761. The fourth-order valence-electron chi connectivity index (χ4n) is 0.0617. The van der Waals surface area contributed by atoms with E-state index in [0.29, 0.717) is 6.21 Å². The van der Waals surface area contributed by atoms with Gasteiger partial charge in [-0.15, -0.1) is 0 Å². The molecule has 8 heavy (non-hydrogen) atoms. The van der Waals surface area contributed by atoms with Crippen molar-refractivity contribution in [1.29, 1.82) is 5.41 Å². The maximum atomic E-state index is 9.98. The van der Waals surface area contributed by atoms with Gasteiger partial charge in [0.2, 0.25) is 0 Å². The predicted octanol–water partition coefficient (Wildman–Crippen LogP) is -0.562. The van der Waals surface area contributed by atoms with Gasteiger partial charge in [-0.3, -0.25) is 0 Å². The Kier molecular flexibility index (Phi) is 1.70. The van der Waals surface area contributed by atoms with Gasteiger partial charge in [-0.1, -0.05) is 0 Å². The lowest BCUT2D eigenvalue weighted by Gasteiger charge is -2.09. The van der Waals surface area contributed by atoms with Gasteiger partial charge in [-0.05, 0) is 6.92 Å². The minimum absolute atomic E-state index is 0.690. The number of hydrogen-bond acceptors (Lipinski definition) is 3. The number of carboxylic acids is 1. The molecule has 0 amide bonds. The third kappa shape index (κ3) is 1.31.